The molecule has 2 rings (SSSR count). The van der Waals surface area contributed by atoms with Gasteiger partial charge in [0.15, 0.2) is 0 Å². The van der Waals surface area contributed by atoms with E-state index in [1.54, 1.807) is 11.3 Å². The summed E-state index contributed by atoms with van der Waals surface area (Å²) in [6, 6.07) is 2.50. The fourth-order valence-corrected chi connectivity index (χ4v) is 3.98. The highest BCUT2D eigenvalue weighted by Gasteiger charge is 2.18. The van der Waals surface area contributed by atoms with Crippen LogP contribution in [0.5, 0.6) is 0 Å². The number of rotatable bonds is 5. The maximum Gasteiger partial charge on any atom is 0.0931 e. The van der Waals surface area contributed by atoms with Crippen molar-refractivity contribution in [3.05, 3.63) is 21.3 Å². The van der Waals surface area contributed by atoms with Crippen molar-refractivity contribution in [3.63, 3.8) is 0 Å². The van der Waals surface area contributed by atoms with E-state index in [0.29, 0.717) is 6.04 Å². The lowest BCUT2D eigenvalue weighted by atomic mass is 9.81. The van der Waals surface area contributed by atoms with Gasteiger partial charge in [-0.05, 0) is 55.2 Å². The molecule has 1 aliphatic carbocycles. The standard InChI is InChI=1S/C15H24ClNS/c1-11-4-3-5-13(8-11)6-7-17-12(2)14-9-15(16)18-10-14/h9-13,17H,3-8H2,1-2H3. The smallest absolute Gasteiger partial charge is 0.0931 e. The first kappa shape index (κ1) is 14.4. The average Bonchev–Trinajstić information content (AvgIpc) is 2.76. The van der Waals surface area contributed by atoms with Crippen molar-refractivity contribution in [2.45, 2.75) is 52.0 Å². The highest BCUT2D eigenvalue weighted by atomic mass is 35.5. The monoisotopic (exact) mass is 285 g/mol. The maximum atomic E-state index is 5.97. The van der Waals surface area contributed by atoms with Gasteiger partial charge in [0, 0.05) is 6.04 Å². The van der Waals surface area contributed by atoms with Crippen LogP contribution in [0.25, 0.3) is 0 Å². The lowest BCUT2D eigenvalue weighted by molar-refractivity contribution is 0.265. The minimum Gasteiger partial charge on any atom is -0.310 e. The number of nitrogens with one attached hydrogen (secondary N) is 1. The van der Waals surface area contributed by atoms with Crippen LogP contribution in [0.3, 0.4) is 0 Å². The molecule has 0 aliphatic heterocycles. The van der Waals surface area contributed by atoms with Crippen molar-refractivity contribution in [1.29, 1.82) is 0 Å². The minimum absolute atomic E-state index is 0.426. The molecule has 0 aromatic carbocycles. The molecule has 0 radical (unpaired) electrons. The van der Waals surface area contributed by atoms with Gasteiger partial charge in [0.25, 0.3) is 0 Å². The summed E-state index contributed by atoms with van der Waals surface area (Å²) in [5.41, 5.74) is 1.32. The summed E-state index contributed by atoms with van der Waals surface area (Å²) in [5, 5.41) is 5.78. The Morgan fingerprint density at radius 3 is 3.00 bits per heavy atom. The topological polar surface area (TPSA) is 12.0 Å². The molecule has 0 saturated heterocycles. The van der Waals surface area contributed by atoms with Crippen molar-refractivity contribution in [2.24, 2.45) is 11.8 Å². The fourth-order valence-electron chi connectivity index (χ4n) is 2.99. The van der Waals surface area contributed by atoms with E-state index in [1.165, 1.54) is 37.7 Å². The second-order valence-corrected chi connectivity index (χ2v) is 7.33. The van der Waals surface area contributed by atoms with Gasteiger partial charge in [0.2, 0.25) is 0 Å². The molecule has 3 heteroatoms. The molecule has 1 aromatic heterocycles. The van der Waals surface area contributed by atoms with Crippen molar-refractivity contribution < 1.29 is 0 Å². The van der Waals surface area contributed by atoms with Gasteiger partial charge in [0.1, 0.15) is 0 Å². The lowest BCUT2D eigenvalue weighted by Crippen LogP contribution is -2.23. The van der Waals surface area contributed by atoms with Gasteiger partial charge in [0.05, 0.1) is 4.34 Å². The molecule has 1 aromatic rings. The third-order valence-electron chi connectivity index (χ3n) is 4.14. The molecule has 0 bridgehead atoms. The van der Waals surface area contributed by atoms with Crippen LogP contribution in [0, 0.1) is 11.8 Å². The quantitative estimate of drug-likeness (QED) is 0.777. The summed E-state index contributed by atoms with van der Waals surface area (Å²) < 4.78 is 0.889. The van der Waals surface area contributed by atoms with Crippen LogP contribution in [0.2, 0.25) is 4.34 Å². The fraction of sp³-hybridized carbons (Fsp3) is 0.733. The van der Waals surface area contributed by atoms with E-state index < -0.39 is 0 Å². The SMILES string of the molecule is CC1CCCC(CCNC(C)c2csc(Cl)c2)C1. The van der Waals surface area contributed by atoms with E-state index in [4.69, 9.17) is 11.6 Å². The summed E-state index contributed by atoms with van der Waals surface area (Å²) in [4.78, 5) is 0. The van der Waals surface area contributed by atoms with Crippen LogP contribution in [0.1, 0.15) is 57.6 Å². The zero-order valence-electron chi connectivity index (χ0n) is 11.4. The van der Waals surface area contributed by atoms with Gasteiger partial charge >= 0.3 is 0 Å². The van der Waals surface area contributed by atoms with E-state index in [9.17, 15) is 0 Å². The molecule has 0 spiro atoms. The number of thiophene rings is 1. The van der Waals surface area contributed by atoms with Crippen molar-refractivity contribution >= 4 is 22.9 Å². The largest absolute Gasteiger partial charge is 0.310 e. The molecular formula is C15H24ClNS. The highest BCUT2D eigenvalue weighted by Crippen LogP contribution is 2.30. The van der Waals surface area contributed by atoms with Crippen LogP contribution in [0.4, 0.5) is 0 Å². The van der Waals surface area contributed by atoms with Crippen LogP contribution < -0.4 is 5.32 Å². The lowest BCUT2D eigenvalue weighted by Gasteiger charge is -2.27. The molecule has 0 amide bonds. The molecule has 1 heterocycles. The van der Waals surface area contributed by atoms with Gasteiger partial charge in [-0.1, -0.05) is 37.8 Å². The second-order valence-electron chi connectivity index (χ2n) is 5.79. The first-order valence-electron chi connectivity index (χ1n) is 7.12. The Bertz CT molecular complexity index is 363. The molecule has 1 nitrogen and oxygen atoms in total. The summed E-state index contributed by atoms with van der Waals surface area (Å²) in [6.07, 6.45) is 7.06. The molecule has 18 heavy (non-hydrogen) atoms. The third-order valence-corrected chi connectivity index (χ3v) is 5.25. The van der Waals surface area contributed by atoms with Gasteiger partial charge < -0.3 is 5.32 Å². The summed E-state index contributed by atoms with van der Waals surface area (Å²) >= 11 is 7.59. The summed E-state index contributed by atoms with van der Waals surface area (Å²) in [6.45, 7) is 5.75. The Morgan fingerprint density at radius 2 is 2.33 bits per heavy atom. The first-order chi connectivity index (χ1) is 8.65. The number of halogens is 1. The predicted molar refractivity (Wildman–Crippen MR) is 81.5 cm³/mol. The number of hydrogen-bond donors (Lipinski definition) is 1. The zero-order chi connectivity index (χ0) is 13.0. The number of hydrogen-bond acceptors (Lipinski definition) is 2. The van der Waals surface area contributed by atoms with Crippen LogP contribution in [0.15, 0.2) is 11.4 Å². The Morgan fingerprint density at radius 1 is 1.50 bits per heavy atom. The van der Waals surface area contributed by atoms with E-state index in [-0.39, 0.29) is 0 Å². The summed E-state index contributed by atoms with van der Waals surface area (Å²) in [5.74, 6) is 1.89. The zero-order valence-corrected chi connectivity index (χ0v) is 13.0. The molecule has 3 unspecified atom stereocenters. The molecular weight excluding hydrogens is 262 g/mol. The van der Waals surface area contributed by atoms with E-state index in [1.807, 2.05) is 0 Å². The second kappa shape index (κ2) is 6.93. The van der Waals surface area contributed by atoms with E-state index in [0.717, 1.165) is 22.7 Å². The predicted octanol–water partition coefficient (Wildman–Crippen LogP) is 5.27. The first-order valence-corrected chi connectivity index (χ1v) is 8.38. The average molecular weight is 286 g/mol. The minimum atomic E-state index is 0.426. The van der Waals surface area contributed by atoms with Gasteiger partial charge in [-0.2, -0.15) is 0 Å². The molecule has 1 saturated carbocycles. The van der Waals surface area contributed by atoms with Crippen LogP contribution in [-0.2, 0) is 0 Å². The van der Waals surface area contributed by atoms with Crippen molar-refractivity contribution in [2.75, 3.05) is 6.54 Å². The highest BCUT2D eigenvalue weighted by molar-refractivity contribution is 7.14. The van der Waals surface area contributed by atoms with Crippen molar-refractivity contribution in [1.82, 2.24) is 5.32 Å². The van der Waals surface area contributed by atoms with Crippen molar-refractivity contribution in [3.8, 4) is 0 Å². The Balaban J connectivity index is 1.68. The molecule has 102 valence electrons. The Kier molecular flexibility index (Phi) is 5.53. The van der Waals surface area contributed by atoms with Gasteiger partial charge in [-0.3, -0.25) is 0 Å². The molecule has 3 atom stereocenters. The molecule has 1 fully saturated rings. The Labute approximate surface area is 120 Å². The van der Waals surface area contributed by atoms with E-state index in [2.05, 4.69) is 30.6 Å². The van der Waals surface area contributed by atoms with E-state index >= 15 is 0 Å². The molecule has 1 N–H and O–H groups in total. The van der Waals surface area contributed by atoms with Crippen LogP contribution in [-0.4, -0.2) is 6.54 Å². The third kappa shape index (κ3) is 4.25. The summed E-state index contributed by atoms with van der Waals surface area (Å²) in [7, 11) is 0. The van der Waals surface area contributed by atoms with Gasteiger partial charge in [-0.25, -0.2) is 0 Å². The molecule has 1 aliphatic rings. The Hall–Kier alpha value is -0.0500. The maximum absolute atomic E-state index is 5.97. The normalized spacial score (nSPS) is 26.2. The van der Waals surface area contributed by atoms with Crippen LogP contribution >= 0.6 is 22.9 Å². The van der Waals surface area contributed by atoms with Gasteiger partial charge in [-0.15, -0.1) is 11.3 Å².